The van der Waals surface area contributed by atoms with Crippen LogP contribution in [0.25, 0.3) is 0 Å². The molecule has 0 saturated heterocycles. The lowest BCUT2D eigenvalue weighted by Crippen LogP contribution is -2.10. The highest BCUT2D eigenvalue weighted by Gasteiger charge is 2.20. The SMILES string of the molecule is N#Cc1cccc(OS(=O)(=O)c2ccc(Br)cc2Cl)c1. The smallest absolute Gasteiger partial charge is 0.340 e. The number of nitriles is 1. The maximum absolute atomic E-state index is 12.1. The third-order valence-electron chi connectivity index (χ3n) is 2.33. The van der Waals surface area contributed by atoms with Gasteiger partial charge in [-0.2, -0.15) is 13.7 Å². The summed E-state index contributed by atoms with van der Waals surface area (Å²) in [7, 11) is -4.05. The van der Waals surface area contributed by atoms with Gasteiger partial charge >= 0.3 is 10.1 Å². The molecule has 0 amide bonds. The summed E-state index contributed by atoms with van der Waals surface area (Å²) in [4.78, 5) is -0.135. The molecule has 0 radical (unpaired) electrons. The second-order valence-corrected chi connectivity index (χ2v) is 6.59. The van der Waals surface area contributed by atoms with Gasteiger partial charge < -0.3 is 4.18 Å². The molecule has 20 heavy (non-hydrogen) atoms. The van der Waals surface area contributed by atoms with Crippen molar-refractivity contribution in [1.82, 2.24) is 0 Å². The molecule has 0 aliphatic heterocycles. The predicted molar refractivity (Wildman–Crippen MR) is 78.1 cm³/mol. The van der Waals surface area contributed by atoms with Gasteiger partial charge in [0.1, 0.15) is 10.6 Å². The van der Waals surface area contributed by atoms with E-state index >= 15 is 0 Å². The third-order valence-corrected chi connectivity index (χ3v) is 4.56. The molecule has 2 aromatic carbocycles. The van der Waals surface area contributed by atoms with Crippen molar-refractivity contribution in [1.29, 1.82) is 5.26 Å². The molecule has 102 valence electrons. The third kappa shape index (κ3) is 3.31. The zero-order chi connectivity index (χ0) is 14.8. The molecule has 2 aromatic rings. The zero-order valence-corrected chi connectivity index (χ0v) is 13.0. The summed E-state index contributed by atoms with van der Waals surface area (Å²) >= 11 is 9.09. The van der Waals surface area contributed by atoms with Gasteiger partial charge in [-0.1, -0.05) is 33.6 Å². The Morgan fingerprint density at radius 3 is 2.60 bits per heavy atom. The van der Waals surface area contributed by atoms with Crippen molar-refractivity contribution < 1.29 is 12.6 Å². The van der Waals surface area contributed by atoms with Crippen LogP contribution in [0, 0.1) is 11.3 Å². The van der Waals surface area contributed by atoms with Crippen molar-refractivity contribution in [3.05, 3.63) is 57.5 Å². The first-order chi connectivity index (χ1) is 9.42. The molecule has 2 rings (SSSR count). The van der Waals surface area contributed by atoms with Crippen LogP contribution in [-0.2, 0) is 10.1 Å². The van der Waals surface area contributed by atoms with Crippen LogP contribution < -0.4 is 4.18 Å². The van der Waals surface area contributed by atoms with Crippen LogP contribution in [0.3, 0.4) is 0 Å². The van der Waals surface area contributed by atoms with Crippen molar-refractivity contribution >= 4 is 37.6 Å². The van der Waals surface area contributed by atoms with E-state index in [1.807, 2.05) is 6.07 Å². The molecule has 0 unspecified atom stereocenters. The van der Waals surface area contributed by atoms with E-state index in [1.54, 1.807) is 12.1 Å². The first-order valence-corrected chi connectivity index (χ1v) is 7.90. The van der Waals surface area contributed by atoms with Crippen LogP contribution in [0.5, 0.6) is 5.75 Å². The average Bonchev–Trinajstić information content (AvgIpc) is 2.37. The molecule has 0 bridgehead atoms. The summed E-state index contributed by atoms with van der Waals surface area (Å²) in [6.07, 6.45) is 0. The van der Waals surface area contributed by atoms with E-state index in [2.05, 4.69) is 15.9 Å². The van der Waals surface area contributed by atoms with Gasteiger partial charge in [0.05, 0.1) is 16.7 Å². The van der Waals surface area contributed by atoms with Gasteiger partial charge in [0.15, 0.2) is 0 Å². The second kappa shape index (κ2) is 5.83. The Balaban J connectivity index is 2.38. The highest BCUT2D eigenvalue weighted by molar-refractivity contribution is 9.10. The maximum atomic E-state index is 12.1. The first kappa shape index (κ1) is 14.9. The molecule has 0 saturated carbocycles. The molecule has 0 spiro atoms. The van der Waals surface area contributed by atoms with Gasteiger partial charge in [0, 0.05) is 4.47 Å². The standard InChI is InChI=1S/C13H7BrClNO3S/c14-10-4-5-13(12(15)7-10)20(17,18)19-11-3-1-2-9(6-11)8-16/h1-7H. The minimum absolute atomic E-state index is 0.0517. The molecular weight excluding hydrogens is 366 g/mol. The molecule has 0 aliphatic rings. The summed E-state index contributed by atoms with van der Waals surface area (Å²) in [5.74, 6) is 0.0584. The molecule has 4 nitrogen and oxygen atoms in total. The highest BCUT2D eigenvalue weighted by atomic mass is 79.9. The Bertz CT molecular complexity index is 800. The van der Waals surface area contributed by atoms with Gasteiger partial charge in [-0.25, -0.2) is 0 Å². The first-order valence-electron chi connectivity index (χ1n) is 5.32. The Labute approximate surface area is 129 Å². The lowest BCUT2D eigenvalue weighted by atomic mass is 10.2. The van der Waals surface area contributed by atoms with Crippen molar-refractivity contribution in [3.8, 4) is 11.8 Å². The Hall–Kier alpha value is -1.55. The Kier molecular flexibility index (Phi) is 4.33. The van der Waals surface area contributed by atoms with E-state index in [-0.39, 0.29) is 15.7 Å². The van der Waals surface area contributed by atoms with Crippen LogP contribution in [-0.4, -0.2) is 8.42 Å². The second-order valence-electron chi connectivity index (χ2n) is 3.75. The number of halogens is 2. The number of benzene rings is 2. The normalized spacial score (nSPS) is 10.8. The van der Waals surface area contributed by atoms with Crippen molar-refractivity contribution in [2.75, 3.05) is 0 Å². The van der Waals surface area contributed by atoms with Crippen molar-refractivity contribution in [3.63, 3.8) is 0 Å². The summed E-state index contributed by atoms with van der Waals surface area (Å²) in [6.45, 7) is 0. The fourth-order valence-corrected chi connectivity index (χ4v) is 3.40. The lowest BCUT2D eigenvalue weighted by molar-refractivity contribution is 0.486. The molecular formula is C13H7BrClNO3S. The fourth-order valence-electron chi connectivity index (χ4n) is 1.47. The minimum Gasteiger partial charge on any atom is -0.379 e. The number of nitrogens with zero attached hydrogens (tertiary/aromatic N) is 1. The summed E-state index contributed by atoms with van der Waals surface area (Å²) < 4.78 is 29.9. The number of rotatable bonds is 3. The van der Waals surface area contributed by atoms with Crippen molar-refractivity contribution in [2.24, 2.45) is 0 Å². The van der Waals surface area contributed by atoms with Crippen molar-refractivity contribution in [2.45, 2.75) is 4.90 Å². The fraction of sp³-hybridized carbons (Fsp3) is 0. The van der Waals surface area contributed by atoms with E-state index in [0.29, 0.717) is 10.0 Å². The zero-order valence-electron chi connectivity index (χ0n) is 9.88. The topological polar surface area (TPSA) is 67.2 Å². The van der Waals surface area contributed by atoms with Crippen LogP contribution in [0.15, 0.2) is 51.8 Å². The van der Waals surface area contributed by atoms with Crippen LogP contribution >= 0.6 is 27.5 Å². The van der Waals surface area contributed by atoms with Gasteiger partial charge in [0.2, 0.25) is 0 Å². The summed E-state index contributed by atoms with van der Waals surface area (Å²) in [5, 5.41) is 8.82. The molecule has 7 heteroatoms. The number of hydrogen-bond donors (Lipinski definition) is 0. The Morgan fingerprint density at radius 1 is 1.20 bits per heavy atom. The van der Waals surface area contributed by atoms with Crippen LogP contribution in [0.4, 0.5) is 0 Å². The predicted octanol–water partition coefficient (Wildman–Crippen LogP) is 3.74. The average molecular weight is 373 g/mol. The van der Waals surface area contributed by atoms with Crippen LogP contribution in [0.2, 0.25) is 5.02 Å². The summed E-state index contributed by atoms with van der Waals surface area (Å²) in [5.41, 5.74) is 0.305. The monoisotopic (exact) mass is 371 g/mol. The van der Waals surface area contributed by atoms with E-state index in [1.165, 1.54) is 30.3 Å². The van der Waals surface area contributed by atoms with Gasteiger partial charge in [-0.05, 0) is 36.4 Å². The molecule has 0 fully saturated rings. The van der Waals surface area contributed by atoms with Gasteiger partial charge in [0.25, 0.3) is 0 Å². The molecule has 0 aliphatic carbocycles. The molecule has 0 heterocycles. The maximum Gasteiger partial charge on any atom is 0.340 e. The summed E-state index contributed by atoms with van der Waals surface area (Å²) in [6, 6.07) is 12.1. The molecule has 0 aromatic heterocycles. The van der Waals surface area contributed by atoms with Gasteiger partial charge in [-0.15, -0.1) is 0 Å². The Morgan fingerprint density at radius 2 is 1.95 bits per heavy atom. The van der Waals surface area contributed by atoms with Gasteiger partial charge in [-0.3, -0.25) is 0 Å². The molecule has 0 N–H and O–H groups in total. The molecule has 0 atom stereocenters. The largest absolute Gasteiger partial charge is 0.379 e. The quantitative estimate of drug-likeness (QED) is 0.770. The highest BCUT2D eigenvalue weighted by Crippen LogP contribution is 2.28. The van der Waals surface area contributed by atoms with E-state index < -0.39 is 10.1 Å². The van der Waals surface area contributed by atoms with Crippen LogP contribution in [0.1, 0.15) is 5.56 Å². The minimum atomic E-state index is -4.05. The van der Waals surface area contributed by atoms with E-state index in [9.17, 15) is 8.42 Å². The number of hydrogen-bond acceptors (Lipinski definition) is 4. The lowest BCUT2D eigenvalue weighted by Gasteiger charge is -2.08. The van der Waals surface area contributed by atoms with E-state index in [4.69, 9.17) is 21.0 Å². The van der Waals surface area contributed by atoms with E-state index in [0.717, 1.165) is 0 Å².